The Morgan fingerprint density at radius 3 is 2.35 bits per heavy atom. The average molecular weight is 423 g/mol. The number of ether oxygens (including phenoxy) is 1. The van der Waals surface area contributed by atoms with E-state index in [1.54, 1.807) is 6.07 Å². The van der Waals surface area contributed by atoms with Gasteiger partial charge in [-0.1, -0.05) is 18.2 Å². The molecule has 0 unspecified atom stereocenters. The van der Waals surface area contributed by atoms with Crippen molar-refractivity contribution in [3.63, 3.8) is 0 Å². The summed E-state index contributed by atoms with van der Waals surface area (Å²) < 4.78 is 7.18. The van der Waals surface area contributed by atoms with E-state index in [0.29, 0.717) is 11.4 Å². The van der Waals surface area contributed by atoms with Crippen LogP contribution in [-0.4, -0.2) is 32.7 Å². The minimum atomic E-state index is -1.44. The van der Waals surface area contributed by atoms with Crippen LogP contribution in [0.5, 0.6) is 5.75 Å². The number of hydrogen-bond donors (Lipinski definition) is 2. The maximum Gasteiger partial charge on any atom is 0.342 e. The molecule has 3 aromatic rings. The summed E-state index contributed by atoms with van der Waals surface area (Å²) in [5.74, 6) is -1.72. The molecule has 0 aliphatic heterocycles. The number of carboxylic acid groups (broad SMARTS) is 1. The van der Waals surface area contributed by atoms with Gasteiger partial charge in [0.1, 0.15) is 11.3 Å². The highest BCUT2D eigenvalue weighted by Gasteiger charge is 2.18. The lowest BCUT2D eigenvalue weighted by Gasteiger charge is -2.14. The van der Waals surface area contributed by atoms with Crippen LogP contribution in [0, 0.1) is 13.8 Å². The molecule has 0 aliphatic rings. The molecule has 1 aromatic heterocycles. The SMILES string of the molecule is Cc1cccc(Cn2c(=O)c(C(=O)O)cn(-c3ccc(OCC(N)=O)cc3)c2=O)c1C. The topological polar surface area (TPSA) is 134 Å². The zero-order valence-corrected chi connectivity index (χ0v) is 17.0. The number of amides is 1. The van der Waals surface area contributed by atoms with Crippen LogP contribution in [0.2, 0.25) is 0 Å². The van der Waals surface area contributed by atoms with E-state index in [9.17, 15) is 24.3 Å². The van der Waals surface area contributed by atoms with E-state index in [4.69, 9.17) is 10.5 Å². The van der Waals surface area contributed by atoms with E-state index in [1.165, 1.54) is 24.3 Å². The van der Waals surface area contributed by atoms with E-state index in [-0.39, 0.29) is 13.2 Å². The van der Waals surface area contributed by atoms with Crippen LogP contribution in [0.15, 0.2) is 58.3 Å². The number of nitrogens with two attached hydrogens (primary N) is 1. The third-order valence-corrected chi connectivity index (χ3v) is 4.94. The summed E-state index contributed by atoms with van der Waals surface area (Å²) in [6.07, 6.45) is 1.01. The summed E-state index contributed by atoms with van der Waals surface area (Å²) >= 11 is 0. The molecular weight excluding hydrogens is 402 g/mol. The Balaban J connectivity index is 2.10. The summed E-state index contributed by atoms with van der Waals surface area (Å²) in [5.41, 5.74) is 5.93. The predicted molar refractivity (Wildman–Crippen MR) is 113 cm³/mol. The van der Waals surface area contributed by atoms with Gasteiger partial charge in [-0.05, 0) is 54.8 Å². The number of carbonyl (C=O) groups excluding carboxylic acids is 1. The van der Waals surface area contributed by atoms with E-state index in [0.717, 1.165) is 32.0 Å². The van der Waals surface area contributed by atoms with Gasteiger partial charge in [0.15, 0.2) is 6.61 Å². The lowest BCUT2D eigenvalue weighted by atomic mass is 10.0. The van der Waals surface area contributed by atoms with Crippen molar-refractivity contribution in [2.45, 2.75) is 20.4 Å². The second kappa shape index (κ2) is 8.70. The molecule has 0 saturated heterocycles. The monoisotopic (exact) mass is 423 g/mol. The average Bonchev–Trinajstić information content (AvgIpc) is 2.73. The molecule has 0 radical (unpaired) electrons. The van der Waals surface area contributed by atoms with Crippen LogP contribution < -0.4 is 21.7 Å². The number of hydrogen-bond acceptors (Lipinski definition) is 5. The van der Waals surface area contributed by atoms with E-state index >= 15 is 0 Å². The lowest BCUT2D eigenvalue weighted by molar-refractivity contribution is -0.119. The lowest BCUT2D eigenvalue weighted by Crippen LogP contribution is -2.42. The molecule has 0 spiro atoms. The molecule has 1 heterocycles. The normalized spacial score (nSPS) is 10.6. The fourth-order valence-corrected chi connectivity index (χ4v) is 3.08. The minimum Gasteiger partial charge on any atom is -0.484 e. The first-order valence-corrected chi connectivity index (χ1v) is 9.35. The number of carboxylic acids is 1. The molecule has 9 nitrogen and oxygen atoms in total. The van der Waals surface area contributed by atoms with Crippen molar-refractivity contribution < 1.29 is 19.4 Å². The standard InChI is InChI=1S/C22H21N3O6/c1-13-4-3-5-15(14(13)2)10-25-20(27)18(21(28)29)11-24(22(25)30)16-6-8-17(9-7-16)31-12-19(23)26/h3-9,11H,10,12H2,1-2H3,(H2,23,26)(H,28,29). The van der Waals surface area contributed by atoms with Crippen LogP contribution in [0.4, 0.5) is 0 Å². The molecule has 0 bridgehead atoms. The summed E-state index contributed by atoms with van der Waals surface area (Å²) in [4.78, 5) is 48.3. The van der Waals surface area contributed by atoms with Gasteiger partial charge >= 0.3 is 11.7 Å². The summed E-state index contributed by atoms with van der Waals surface area (Å²) in [5, 5.41) is 9.49. The van der Waals surface area contributed by atoms with Crippen molar-refractivity contribution in [1.82, 2.24) is 9.13 Å². The molecule has 9 heteroatoms. The molecule has 160 valence electrons. The van der Waals surface area contributed by atoms with Gasteiger partial charge in [-0.15, -0.1) is 0 Å². The van der Waals surface area contributed by atoms with Gasteiger partial charge in [0, 0.05) is 6.20 Å². The number of aromatic carboxylic acids is 1. The number of nitrogens with zero attached hydrogens (tertiary/aromatic N) is 2. The molecule has 2 aromatic carbocycles. The number of aryl methyl sites for hydroxylation is 1. The Hall–Kier alpha value is -4.14. The Morgan fingerprint density at radius 2 is 1.74 bits per heavy atom. The fourth-order valence-electron chi connectivity index (χ4n) is 3.08. The molecule has 0 fully saturated rings. The van der Waals surface area contributed by atoms with Crippen molar-refractivity contribution in [2.75, 3.05) is 6.61 Å². The van der Waals surface area contributed by atoms with Crippen LogP contribution in [-0.2, 0) is 11.3 Å². The Morgan fingerprint density at radius 1 is 1.06 bits per heavy atom. The summed E-state index contributed by atoms with van der Waals surface area (Å²) in [6, 6.07) is 11.5. The molecular formula is C22H21N3O6. The Bertz CT molecular complexity index is 1270. The highest BCUT2D eigenvalue weighted by molar-refractivity contribution is 5.86. The molecule has 31 heavy (non-hydrogen) atoms. The summed E-state index contributed by atoms with van der Waals surface area (Å²) in [6.45, 7) is 3.42. The maximum atomic E-state index is 13.1. The van der Waals surface area contributed by atoms with Gasteiger partial charge in [-0.3, -0.25) is 18.7 Å². The molecule has 3 N–H and O–H groups in total. The van der Waals surface area contributed by atoms with Gasteiger partial charge in [-0.2, -0.15) is 0 Å². The highest BCUT2D eigenvalue weighted by Crippen LogP contribution is 2.15. The number of aromatic nitrogens is 2. The van der Waals surface area contributed by atoms with Crippen LogP contribution in [0.1, 0.15) is 27.0 Å². The molecule has 0 aliphatic carbocycles. The van der Waals surface area contributed by atoms with Gasteiger partial charge in [0.25, 0.3) is 11.5 Å². The van der Waals surface area contributed by atoms with E-state index in [2.05, 4.69) is 0 Å². The zero-order chi connectivity index (χ0) is 22.7. The van der Waals surface area contributed by atoms with Gasteiger partial charge in [0.05, 0.1) is 12.2 Å². The number of carbonyl (C=O) groups is 2. The first kappa shape index (κ1) is 21.6. The quantitative estimate of drug-likeness (QED) is 0.587. The molecule has 0 atom stereocenters. The minimum absolute atomic E-state index is 0.0634. The first-order valence-electron chi connectivity index (χ1n) is 9.35. The second-order valence-corrected chi connectivity index (χ2v) is 7.00. The third-order valence-electron chi connectivity index (χ3n) is 4.94. The van der Waals surface area contributed by atoms with E-state index < -0.39 is 28.7 Å². The molecule has 3 rings (SSSR count). The largest absolute Gasteiger partial charge is 0.484 e. The zero-order valence-electron chi connectivity index (χ0n) is 17.0. The van der Waals surface area contributed by atoms with Crippen LogP contribution >= 0.6 is 0 Å². The fraction of sp³-hybridized carbons (Fsp3) is 0.182. The van der Waals surface area contributed by atoms with Gasteiger partial charge in [-0.25, -0.2) is 9.59 Å². The smallest absolute Gasteiger partial charge is 0.342 e. The van der Waals surface area contributed by atoms with Crippen molar-refractivity contribution >= 4 is 11.9 Å². The highest BCUT2D eigenvalue weighted by atomic mass is 16.5. The van der Waals surface area contributed by atoms with E-state index in [1.807, 2.05) is 26.0 Å². The molecule has 0 saturated carbocycles. The van der Waals surface area contributed by atoms with Crippen LogP contribution in [0.25, 0.3) is 5.69 Å². The van der Waals surface area contributed by atoms with Gasteiger partial charge in [0.2, 0.25) is 0 Å². The van der Waals surface area contributed by atoms with Crippen molar-refractivity contribution in [2.24, 2.45) is 5.73 Å². The number of benzene rings is 2. The number of rotatable bonds is 7. The predicted octanol–water partition coefficient (Wildman–Crippen LogP) is 1.23. The van der Waals surface area contributed by atoms with Gasteiger partial charge < -0.3 is 15.6 Å². The first-order chi connectivity index (χ1) is 14.7. The second-order valence-electron chi connectivity index (χ2n) is 7.00. The van der Waals surface area contributed by atoms with Crippen molar-refractivity contribution in [3.8, 4) is 11.4 Å². The third kappa shape index (κ3) is 4.55. The maximum absolute atomic E-state index is 13.1. The summed E-state index contributed by atoms with van der Waals surface area (Å²) in [7, 11) is 0. The Kier molecular flexibility index (Phi) is 6.05. The van der Waals surface area contributed by atoms with Crippen molar-refractivity contribution in [3.05, 3.63) is 91.8 Å². The Labute approximate surface area is 176 Å². The van der Waals surface area contributed by atoms with Crippen LogP contribution in [0.3, 0.4) is 0 Å². The van der Waals surface area contributed by atoms with Crippen molar-refractivity contribution in [1.29, 1.82) is 0 Å². The number of primary amides is 1. The molecule has 1 amide bonds.